The van der Waals surface area contributed by atoms with E-state index in [9.17, 15) is 9.90 Å². The van der Waals surface area contributed by atoms with Gasteiger partial charge in [0, 0.05) is 11.6 Å². The van der Waals surface area contributed by atoms with Crippen LogP contribution in [0.5, 0.6) is 5.75 Å². The normalized spacial score (nSPS) is 11.0. The topological polar surface area (TPSA) is 105 Å². The summed E-state index contributed by atoms with van der Waals surface area (Å²) in [4.78, 5) is 23.2. The minimum absolute atomic E-state index is 0.0571. The standard InChI is InChI=1S/C16H10N4O3/c21-13-9-5-1-2-6-10(9)18-15(22)12(13)16-19-14(20-23-16)11-7-3-4-8-17-11/h1-8H,(H2,18,21,22). The molecule has 4 rings (SSSR count). The van der Waals surface area contributed by atoms with Gasteiger partial charge >= 0.3 is 0 Å². The second-order valence-electron chi connectivity index (χ2n) is 4.86. The number of nitrogens with zero attached hydrogens (tertiary/aromatic N) is 3. The summed E-state index contributed by atoms with van der Waals surface area (Å²) in [5, 5.41) is 14.7. The first-order valence-corrected chi connectivity index (χ1v) is 6.83. The van der Waals surface area contributed by atoms with Crippen LogP contribution < -0.4 is 5.56 Å². The average molecular weight is 306 g/mol. The van der Waals surface area contributed by atoms with E-state index in [1.54, 1.807) is 48.7 Å². The lowest BCUT2D eigenvalue weighted by Crippen LogP contribution is -2.09. The molecule has 1 aromatic carbocycles. The minimum Gasteiger partial charge on any atom is -0.506 e. The number of aromatic nitrogens is 4. The van der Waals surface area contributed by atoms with E-state index in [1.165, 1.54) is 0 Å². The lowest BCUT2D eigenvalue weighted by molar-refractivity contribution is 0.425. The van der Waals surface area contributed by atoms with Crippen molar-refractivity contribution in [3.05, 3.63) is 59.0 Å². The predicted molar refractivity (Wildman–Crippen MR) is 82.8 cm³/mol. The number of benzene rings is 1. The van der Waals surface area contributed by atoms with Gasteiger partial charge < -0.3 is 14.6 Å². The highest BCUT2D eigenvalue weighted by Crippen LogP contribution is 2.31. The molecule has 23 heavy (non-hydrogen) atoms. The Morgan fingerprint density at radius 3 is 2.74 bits per heavy atom. The molecule has 0 unspecified atom stereocenters. The van der Waals surface area contributed by atoms with E-state index in [0.717, 1.165) is 0 Å². The molecule has 0 amide bonds. The first kappa shape index (κ1) is 13.2. The molecule has 0 aliphatic heterocycles. The quantitative estimate of drug-likeness (QED) is 0.589. The van der Waals surface area contributed by atoms with Crippen LogP contribution in [-0.4, -0.2) is 25.2 Å². The molecule has 0 fully saturated rings. The van der Waals surface area contributed by atoms with Gasteiger partial charge in [-0.2, -0.15) is 4.98 Å². The molecule has 0 atom stereocenters. The molecule has 0 spiro atoms. The Kier molecular flexibility index (Phi) is 2.90. The molecule has 0 radical (unpaired) electrons. The number of rotatable bonds is 2. The number of nitrogens with one attached hydrogen (secondary N) is 1. The van der Waals surface area contributed by atoms with Crippen LogP contribution >= 0.6 is 0 Å². The molecule has 4 aromatic rings. The first-order valence-electron chi connectivity index (χ1n) is 6.83. The summed E-state index contributed by atoms with van der Waals surface area (Å²) in [5.74, 6) is -0.0108. The second-order valence-corrected chi connectivity index (χ2v) is 4.86. The largest absolute Gasteiger partial charge is 0.506 e. The van der Waals surface area contributed by atoms with E-state index in [-0.39, 0.29) is 23.0 Å². The summed E-state index contributed by atoms with van der Waals surface area (Å²) in [6.07, 6.45) is 1.60. The number of hydrogen-bond acceptors (Lipinski definition) is 6. The molecule has 0 saturated heterocycles. The van der Waals surface area contributed by atoms with Gasteiger partial charge in [0.25, 0.3) is 11.4 Å². The van der Waals surface area contributed by atoms with Crippen molar-refractivity contribution in [3.8, 4) is 28.7 Å². The number of H-pyrrole nitrogens is 1. The maximum atomic E-state index is 12.2. The molecule has 0 saturated carbocycles. The summed E-state index contributed by atoms with van der Waals surface area (Å²) in [5.41, 5.74) is 0.484. The Morgan fingerprint density at radius 1 is 1.09 bits per heavy atom. The van der Waals surface area contributed by atoms with E-state index < -0.39 is 5.56 Å². The van der Waals surface area contributed by atoms with Gasteiger partial charge in [0.1, 0.15) is 17.0 Å². The van der Waals surface area contributed by atoms with Crippen molar-refractivity contribution >= 4 is 10.9 Å². The highest BCUT2D eigenvalue weighted by atomic mass is 16.5. The Hall–Kier alpha value is -3.48. The van der Waals surface area contributed by atoms with E-state index in [0.29, 0.717) is 16.6 Å². The van der Waals surface area contributed by atoms with Gasteiger partial charge in [0.2, 0.25) is 5.82 Å². The average Bonchev–Trinajstić information content (AvgIpc) is 3.05. The Labute approximate surface area is 129 Å². The van der Waals surface area contributed by atoms with E-state index in [4.69, 9.17) is 4.52 Å². The van der Waals surface area contributed by atoms with E-state index >= 15 is 0 Å². The van der Waals surface area contributed by atoms with Gasteiger partial charge in [-0.05, 0) is 24.3 Å². The van der Waals surface area contributed by atoms with Crippen LogP contribution in [0.1, 0.15) is 0 Å². The first-order chi connectivity index (χ1) is 11.2. The summed E-state index contributed by atoms with van der Waals surface area (Å²) in [7, 11) is 0. The summed E-state index contributed by atoms with van der Waals surface area (Å²) in [6, 6.07) is 12.2. The number of pyridine rings is 2. The van der Waals surface area contributed by atoms with Crippen molar-refractivity contribution in [2.24, 2.45) is 0 Å². The monoisotopic (exact) mass is 306 g/mol. The number of aromatic hydroxyl groups is 1. The van der Waals surface area contributed by atoms with Crippen molar-refractivity contribution in [3.63, 3.8) is 0 Å². The molecule has 0 aliphatic rings. The molecule has 0 bridgehead atoms. The smallest absolute Gasteiger partial charge is 0.267 e. The Balaban J connectivity index is 1.90. The summed E-state index contributed by atoms with van der Waals surface area (Å²) < 4.78 is 5.13. The SMILES string of the molecule is O=c1[nH]c2ccccc2c(O)c1-c1nc(-c2ccccn2)no1. The number of fused-ring (bicyclic) bond motifs is 1. The molecule has 3 heterocycles. The van der Waals surface area contributed by atoms with E-state index in [1.807, 2.05) is 0 Å². The maximum Gasteiger partial charge on any atom is 0.267 e. The van der Waals surface area contributed by atoms with Gasteiger partial charge in [-0.1, -0.05) is 23.4 Å². The molecular formula is C16H10N4O3. The van der Waals surface area contributed by atoms with Gasteiger partial charge in [0.15, 0.2) is 0 Å². The van der Waals surface area contributed by atoms with Crippen molar-refractivity contribution in [1.29, 1.82) is 0 Å². The van der Waals surface area contributed by atoms with Crippen LogP contribution in [0.3, 0.4) is 0 Å². The molecular weight excluding hydrogens is 296 g/mol. The number of para-hydroxylation sites is 1. The van der Waals surface area contributed by atoms with Crippen LogP contribution in [-0.2, 0) is 0 Å². The minimum atomic E-state index is -0.502. The summed E-state index contributed by atoms with van der Waals surface area (Å²) >= 11 is 0. The highest BCUT2D eigenvalue weighted by Gasteiger charge is 2.20. The molecule has 0 aliphatic carbocycles. The lowest BCUT2D eigenvalue weighted by Gasteiger charge is -2.03. The molecule has 3 aromatic heterocycles. The third-order valence-electron chi connectivity index (χ3n) is 3.43. The van der Waals surface area contributed by atoms with Crippen LogP contribution in [0.4, 0.5) is 0 Å². The highest BCUT2D eigenvalue weighted by molar-refractivity contribution is 5.90. The zero-order valence-corrected chi connectivity index (χ0v) is 11.7. The molecule has 7 heteroatoms. The van der Waals surface area contributed by atoms with Gasteiger partial charge in [-0.15, -0.1) is 0 Å². The van der Waals surface area contributed by atoms with Crippen molar-refractivity contribution < 1.29 is 9.63 Å². The predicted octanol–water partition coefficient (Wildman–Crippen LogP) is 2.35. The fraction of sp³-hybridized carbons (Fsp3) is 0. The number of aromatic amines is 1. The van der Waals surface area contributed by atoms with Crippen molar-refractivity contribution in [1.82, 2.24) is 20.1 Å². The maximum absolute atomic E-state index is 12.2. The van der Waals surface area contributed by atoms with Crippen LogP contribution in [0.15, 0.2) is 58.0 Å². The second kappa shape index (κ2) is 5.06. The molecule has 112 valence electrons. The van der Waals surface area contributed by atoms with Gasteiger partial charge in [-0.3, -0.25) is 9.78 Å². The summed E-state index contributed by atoms with van der Waals surface area (Å²) in [6.45, 7) is 0. The Morgan fingerprint density at radius 2 is 1.91 bits per heavy atom. The fourth-order valence-electron chi connectivity index (χ4n) is 2.35. The third kappa shape index (κ3) is 2.15. The van der Waals surface area contributed by atoms with Crippen LogP contribution in [0.25, 0.3) is 33.9 Å². The zero-order chi connectivity index (χ0) is 15.8. The van der Waals surface area contributed by atoms with Gasteiger partial charge in [-0.25, -0.2) is 0 Å². The molecule has 2 N–H and O–H groups in total. The molecule has 7 nitrogen and oxygen atoms in total. The Bertz CT molecular complexity index is 1050. The fourth-order valence-corrected chi connectivity index (χ4v) is 2.35. The lowest BCUT2D eigenvalue weighted by atomic mass is 10.1. The van der Waals surface area contributed by atoms with Crippen LogP contribution in [0.2, 0.25) is 0 Å². The third-order valence-corrected chi connectivity index (χ3v) is 3.43. The van der Waals surface area contributed by atoms with E-state index in [2.05, 4.69) is 20.1 Å². The van der Waals surface area contributed by atoms with Gasteiger partial charge in [0.05, 0.1) is 5.52 Å². The van der Waals surface area contributed by atoms with Crippen molar-refractivity contribution in [2.45, 2.75) is 0 Å². The van der Waals surface area contributed by atoms with Crippen molar-refractivity contribution in [2.75, 3.05) is 0 Å². The zero-order valence-electron chi connectivity index (χ0n) is 11.7. The van der Waals surface area contributed by atoms with Crippen LogP contribution in [0, 0.1) is 0 Å². The number of hydrogen-bond donors (Lipinski definition) is 2.